The number of ether oxygens (including phenoxy) is 1. The molecule has 1 saturated carbocycles. The lowest BCUT2D eigenvalue weighted by atomic mass is 9.84. The van der Waals surface area contributed by atoms with Crippen LogP contribution in [0.5, 0.6) is 0 Å². The summed E-state index contributed by atoms with van der Waals surface area (Å²) in [4.78, 5) is 12.1. The number of alkyl carbamates (subject to hydrolysis) is 1. The zero-order valence-electron chi connectivity index (χ0n) is 15.9. The molecule has 136 valence electrons. The van der Waals surface area contributed by atoms with Gasteiger partial charge in [0, 0.05) is 8.07 Å². The minimum Gasteiger partial charge on any atom is -0.444 e. The van der Waals surface area contributed by atoms with E-state index in [1.165, 1.54) is 32.1 Å². The van der Waals surface area contributed by atoms with Crippen molar-refractivity contribution in [1.29, 1.82) is 0 Å². The number of nitrogens with one attached hydrogen (secondary N) is 1. The highest BCUT2D eigenvalue weighted by Gasteiger charge is 2.30. The highest BCUT2D eigenvalue weighted by atomic mass is 28.3. The largest absolute Gasteiger partial charge is 0.444 e. The Hall–Kier alpha value is -0.553. The van der Waals surface area contributed by atoms with Crippen LogP contribution in [0.3, 0.4) is 0 Å². The van der Waals surface area contributed by atoms with Crippen LogP contribution >= 0.6 is 0 Å². The molecule has 0 heterocycles. The van der Waals surface area contributed by atoms with Gasteiger partial charge < -0.3 is 15.2 Å². The zero-order chi connectivity index (χ0) is 17.7. The third-order valence-electron chi connectivity index (χ3n) is 4.30. The van der Waals surface area contributed by atoms with E-state index in [4.69, 9.17) is 4.74 Å². The van der Waals surface area contributed by atoms with Crippen molar-refractivity contribution >= 4 is 14.2 Å². The smallest absolute Gasteiger partial charge is 0.407 e. The third kappa shape index (κ3) is 9.35. The van der Waals surface area contributed by atoms with Crippen LogP contribution in [0, 0.1) is 5.92 Å². The average Bonchev–Trinajstić information content (AvgIpc) is 2.34. The predicted molar refractivity (Wildman–Crippen MR) is 98.5 cm³/mol. The van der Waals surface area contributed by atoms with Gasteiger partial charge in [0.2, 0.25) is 0 Å². The lowest BCUT2D eigenvalue weighted by Gasteiger charge is -2.33. The molecule has 1 amide bonds. The molecular weight excluding hydrogens is 306 g/mol. The highest BCUT2D eigenvalue weighted by molar-refractivity contribution is 6.76. The second-order valence-electron chi connectivity index (χ2n) is 9.32. The molecule has 23 heavy (non-hydrogen) atoms. The van der Waals surface area contributed by atoms with Crippen molar-refractivity contribution in [2.24, 2.45) is 5.92 Å². The Balaban J connectivity index is 2.68. The predicted octanol–water partition coefficient (Wildman–Crippen LogP) is 4.55. The van der Waals surface area contributed by atoms with Gasteiger partial charge in [-0.25, -0.2) is 4.79 Å². The number of aliphatic hydroxyl groups excluding tert-OH is 1. The number of aliphatic hydroxyl groups is 1. The molecule has 0 aromatic rings. The monoisotopic (exact) mass is 343 g/mol. The van der Waals surface area contributed by atoms with Crippen LogP contribution in [0.15, 0.2) is 0 Å². The standard InChI is InChI=1S/C18H37NO3Si/c1-18(2,3)22-17(21)19-15(16(20)13-23(4,5)6)12-14-10-8-7-9-11-14/h14-16,20H,7-13H2,1-6H3,(H,19,21)/t15-,16?/m0/s1. The van der Waals surface area contributed by atoms with Crippen molar-refractivity contribution in [3.05, 3.63) is 0 Å². The maximum atomic E-state index is 12.1. The molecule has 0 aliphatic heterocycles. The zero-order valence-corrected chi connectivity index (χ0v) is 16.9. The highest BCUT2D eigenvalue weighted by Crippen LogP contribution is 2.29. The second-order valence-corrected chi connectivity index (χ2v) is 14.9. The van der Waals surface area contributed by atoms with Crippen molar-refractivity contribution in [1.82, 2.24) is 5.32 Å². The summed E-state index contributed by atoms with van der Waals surface area (Å²) in [5, 5.41) is 13.6. The Morgan fingerprint density at radius 2 is 1.78 bits per heavy atom. The van der Waals surface area contributed by atoms with Crippen molar-refractivity contribution in [2.75, 3.05) is 0 Å². The van der Waals surface area contributed by atoms with Gasteiger partial charge in [0.1, 0.15) is 5.60 Å². The summed E-state index contributed by atoms with van der Waals surface area (Å²) in [5.74, 6) is 0.611. The average molecular weight is 344 g/mol. The van der Waals surface area contributed by atoms with Crippen LogP contribution in [-0.4, -0.2) is 37.0 Å². The minimum absolute atomic E-state index is 0.195. The van der Waals surface area contributed by atoms with E-state index in [0.29, 0.717) is 5.92 Å². The molecule has 0 spiro atoms. The van der Waals surface area contributed by atoms with Gasteiger partial charge in [0.15, 0.2) is 0 Å². The molecule has 0 saturated heterocycles. The van der Waals surface area contributed by atoms with Gasteiger partial charge in [0.25, 0.3) is 0 Å². The van der Waals surface area contributed by atoms with Gasteiger partial charge in [-0.2, -0.15) is 0 Å². The molecule has 1 fully saturated rings. The minimum atomic E-state index is -1.39. The summed E-state index contributed by atoms with van der Waals surface area (Å²) in [6.07, 6.45) is 6.27. The Morgan fingerprint density at radius 3 is 2.26 bits per heavy atom. The van der Waals surface area contributed by atoms with Gasteiger partial charge in [-0.3, -0.25) is 0 Å². The fourth-order valence-corrected chi connectivity index (χ4v) is 4.86. The van der Waals surface area contributed by atoms with Crippen LogP contribution < -0.4 is 5.32 Å². The van der Waals surface area contributed by atoms with Crippen LogP contribution in [0.1, 0.15) is 59.3 Å². The summed E-state index contributed by atoms with van der Waals surface area (Å²) >= 11 is 0. The molecule has 1 rings (SSSR count). The quantitative estimate of drug-likeness (QED) is 0.696. The topological polar surface area (TPSA) is 58.6 Å². The summed E-state index contributed by atoms with van der Waals surface area (Å²) in [7, 11) is -1.39. The number of carbonyl (C=O) groups is 1. The fourth-order valence-electron chi connectivity index (χ4n) is 3.32. The van der Waals surface area contributed by atoms with Crippen LogP contribution in [0.2, 0.25) is 25.7 Å². The van der Waals surface area contributed by atoms with E-state index >= 15 is 0 Å². The SMILES string of the molecule is CC(C)(C)OC(=O)N[C@@H](CC1CCCCC1)C(O)C[Si](C)(C)C. The van der Waals surface area contributed by atoms with Gasteiger partial charge in [-0.15, -0.1) is 0 Å². The van der Waals surface area contributed by atoms with Crippen molar-refractivity contribution in [2.45, 2.75) is 103 Å². The van der Waals surface area contributed by atoms with Crippen molar-refractivity contribution in [3.8, 4) is 0 Å². The Bertz CT molecular complexity index is 367. The third-order valence-corrected chi connectivity index (χ3v) is 5.94. The van der Waals surface area contributed by atoms with E-state index in [1.54, 1.807) is 0 Å². The van der Waals surface area contributed by atoms with Crippen molar-refractivity contribution in [3.63, 3.8) is 0 Å². The first-order chi connectivity index (χ1) is 10.5. The molecule has 4 nitrogen and oxygen atoms in total. The first-order valence-electron chi connectivity index (χ1n) is 9.14. The van der Waals surface area contributed by atoms with E-state index in [0.717, 1.165) is 12.5 Å². The van der Waals surface area contributed by atoms with Gasteiger partial charge in [0.05, 0.1) is 12.1 Å². The Morgan fingerprint density at radius 1 is 1.22 bits per heavy atom. The van der Waals surface area contributed by atoms with E-state index in [9.17, 15) is 9.90 Å². The van der Waals surface area contributed by atoms with Gasteiger partial charge in [-0.1, -0.05) is 51.7 Å². The maximum absolute atomic E-state index is 12.1. The molecule has 0 aromatic heterocycles. The first kappa shape index (κ1) is 20.5. The normalized spacial score (nSPS) is 20.0. The molecule has 2 atom stereocenters. The Labute approximate surface area is 143 Å². The lowest BCUT2D eigenvalue weighted by molar-refractivity contribution is 0.0410. The first-order valence-corrected chi connectivity index (χ1v) is 12.8. The van der Waals surface area contributed by atoms with Crippen LogP contribution in [0.4, 0.5) is 4.79 Å². The lowest BCUT2D eigenvalue weighted by Crippen LogP contribution is -2.48. The molecule has 0 radical (unpaired) electrons. The van der Waals surface area contributed by atoms with E-state index in [1.807, 2.05) is 20.8 Å². The molecule has 5 heteroatoms. The van der Waals surface area contributed by atoms with Gasteiger partial charge >= 0.3 is 6.09 Å². The molecule has 1 unspecified atom stereocenters. The number of hydrogen-bond donors (Lipinski definition) is 2. The molecule has 0 bridgehead atoms. The fraction of sp³-hybridized carbons (Fsp3) is 0.944. The number of hydrogen-bond acceptors (Lipinski definition) is 3. The number of rotatable bonds is 6. The summed E-state index contributed by atoms with van der Waals surface area (Å²) < 4.78 is 5.39. The van der Waals surface area contributed by atoms with E-state index in [-0.39, 0.29) is 6.04 Å². The van der Waals surface area contributed by atoms with Crippen LogP contribution in [0.25, 0.3) is 0 Å². The molecule has 1 aliphatic rings. The molecule has 0 aromatic carbocycles. The number of carbonyl (C=O) groups excluding carboxylic acids is 1. The van der Waals surface area contributed by atoms with E-state index in [2.05, 4.69) is 25.0 Å². The van der Waals surface area contributed by atoms with E-state index < -0.39 is 25.9 Å². The van der Waals surface area contributed by atoms with Crippen molar-refractivity contribution < 1.29 is 14.6 Å². The second kappa shape index (κ2) is 8.52. The number of amides is 1. The molecule has 1 aliphatic carbocycles. The summed E-state index contributed by atoms with van der Waals surface area (Å²) in [6.45, 7) is 12.3. The Kier molecular flexibility index (Phi) is 7.59. The van der Waals surface area contributed by atoms with Crippen LogP contribution in [-0.2, 0) is 4.74 Å². The molecular formula is C18H37NO3Si. The summed E-state index contributed by atoms with van der Waals surface area (Å²) in [5.41, 5.74) is -0.511. The maximum Gasteiger partial charge on any atom is 0.407 e. The summed E-state index contributed by atoms with van der Waals surface area (Å²) in [6, 6.07) is 0.611. The molecule has 2 N–H and O–H groups in total. The van der Waals surface area contributed by atoms with Gasteiger partial charge in [-0.05, 0) is 39.2 Å².